The first kappa shape index (κ1) is 12.1. The lowest BCUT2D eigenvalue weighted by molar-refractivity contribution is -0.384. The standard InChI is InChI=1S/C13H14N2O4/c1-8-4-12(13(16)19-8)14-6-9-2-3-11(15(17)18)5-10(9)7-14/h2-3,5,8,12H,4,6-7H2,1H3/t8-,12-/m1/s1. The van der Waals surface area contributed by atoms with Crippen LogP contribution in [0.2, 0.25) is 0 Å². The van der Waals surface area contributed by atoms with E-state index in [1.807, 2.05) is 11.8 Å². The summed E-state index contributed by atoms with van der Waals surface area (Å²) >= 11 is 0. The Labute approximate surface area is 110 Å². The molecular formula is C13H14N2O4. The molecule has 1 aromatic carbocycles. The number of ether oxygens (including phenoxy) is 1. The van der Waals surface area contributed by atoms with Gasteiger partial charge in [-0.3, -0.25) is 19.8 Å². The highest BCUT2D eigenvalue weighted by atomic mass is 16.6. The predicted molar refractivity (Wildman–Crippen MR) is 66.3 cm³/mol. The molecule has 1 saturated heterocycles. The summed E-state index contributed by atoms with van der Waals surface area (Å²) in [6.45, 7) is 3.11. The molecule has 2 atom stereocenters. The van der Waals surface area contributed by atoms with E-state index in [9.17, 15) is 14.9 Å². The third-order valence-electron chi connectivity index (χ3n) is 3.73. The zero-order valence-electron chi connectivity index (χ0n) is 10.5. The minimum Gasteiger partial charge on any atom is -0.461 e. The van der Waals surface area contributed by atoms with E-state index in [1.54, 1.807) is 12.1 Å². The van der Waals surface area contributed by atoms with Crippen molar-refractivity contribution in [3.8, 4) is 0 Å². The molecule has 0 saturated carbocycles. The third kappa shape index (κ3) is 2.08. The number of hydrogen-bond acceptors (Lipinski definition) is 5. The highest BCUT2D eigenvalue weighted by molar-refractivity contribution is 5.78. The third-order valence-corrected chi connectivity index (χ3v) is 3.73. The van der Waals surface area contributed by atoms with Crippen LogP contribution in [0.5, 0.6) is 0 Å². The molecule has 2 aliphatic heterocycles. The first-order valence-electron chi connectivity index (χ1n) is 6.25. The van der Waals surface area contributed by atoms with Gasteiger partial charge in [-0.1, -0.05) is 6.07 Å². The average Bonchev–Trinajstić information content (AvgIpc) is 2.90. The fourth-order valence-electron chi connectivity index (χ4n) is 2.77. The van der Waals surface area contributed by atoms with Crippen LogP contribution in [0, 0.1) is 10.1 Å². The lowest BCUT2D eigenvalue weighted by Crippen LogP contribution is -2.34. The van der Waals surface area contributed by atoms with Gasteiger partial charge >= 0.3 is 5.97 Å². The molecule has 2 heterocycles. The van der Waals surface area contributed by atoms with Gasteiger partial charge in [0.25, 0.3) is 5.69 Å². The summed E-state index contributed by atoms with van der Waals surface area (Å²) in [5.41, 5.74) is 2.09. The van der Waals surface area contributed by atoms with Crippen molar-refractivity contribution in [3.05, 3.63) is 39.4 Å². The number of carbonyl (C=O) groups excluding carboxylic acids is 1. The number of fused-ring (bicyclic) bond motifs is 1. The van der Waals surface area contributed by atoms with E-state index in [0.29, 0.717) is 19.5 Å². The fourth-order valence-corrected chi connectivity index (χ4v) is 2.77. The monoisotopic (exact) mass is 262 g/mol. The van der Waals surface area contributed by atoms with Crippen LogP contribution >= 0.6 is 0 Å². The fraction of sp³-hybridized carbons (Fsp3) is 0.462. The van der Waals surface area contributed by atoms with Gasteiger partial charge in [-0.2, -0.15) is 0 Å². The van der Waals surface area contributed by atoms with E-state index >= 15 is 0 Å². The molecule has 100 valence electrons. The predicted octanol–water partition coefficient (Wildman–Crippen LogP) is 1.61. The summed E-state index contributed by atoms with van der Waals surface area (Å²) in [5, 5.41) is 10.8. The lowest BCUT2D eigenvalue weighted by atomic mass is 10.1. The minimum atomic E-state index is -0.394. The second kappa shape index (κ2) is 4.31. The summed E-state index contributed by atoms with van der Waals surface area (Å²) < 4.78 is 5.16. The Bertz CT molecular complexity index is 558. The van der Waals surface area contributed by atoms with Crippen molar-refractivity contribution < 1.29 is 14.5 Å². The van der Waals surface area contributed by atoms with E-state index in [-0.39, 0.29) is 23.8 Å². The van der Waals surface area contributed by atoms with Crippen molar-refractivity contribution in [2.75, 3.05) is 0 Å². The van der Waals surface area contributed by atoms with Gasteiger partial charge in [-0.15, -0.1) is 0 Å². The van der Waals surface area contributed by atoms with E-state index in [2.05, 4.69) is 0 Å². The number of esters is 1. The Balaban J connectivity index is 1.81. The molecule has 1 aromatic rings. The molecule has 0 spiro atoms. The maximum absolute atomic E-state index is 11.7. The van der Waals surface area contributed by atoms with Crippen LogP contribution < -0.4 is 0 Å². The van der Waals surface area contributed by atoms with E-state index in [1.165, 1.54) is 6.07 Å². The normalized spacial score (nSPS) is 26.3. The molecule has 3 rings (SSSR count). The molecule has 0 unspecified atom stereocenters. The van der Waals surface area contributed by atoms with Gasteiger partial charge in [0.1, 0.15) is 12.1 Å². The molecule has 2 aliphatic rings. The van der Waals surface area contributed by atoms with Crippen LogP contribution in [0.4, 0.5) is 5.69 Å². The molecule has 0 radical (unpaired) electrons. The number of cyclic esters (lactones) is 1. The van der Waals surface area contributed by atoms with E-state index in [0.717, 1.165) is 11.1 Å². The second-order valence-electron chi connectivity index (χ2n) is 5.11. The molecule has 0 aliphatic carbocycles. The highest BCUT2D eigenvalue weighted by Gasteiger charge is 2.38. The Hall–Kier alpha value is -1.95. The largest absolute Gasteiger partial charge is 0.461 e. The first-order chi connectivity index (χ1) is 9.04. The quantitative estimate of drug-likeness (QED) is 0.460. The van der Waals surface area contributed by atoms with Crippen molar-refractivity contribution in [2.45, 2.75) is 38.6 Å². The molecule has 0 amide bonds. The van der Waals surface area contributed by atoms with Crippen LogP contribution in [-0.4, -0.2) is 27.9 Å². The number of rotatable bonds is 2. The van der Waals surface area contributed by atoms with Crippen molar-refractivity contribution in [1.82, 2.24) is 4.90 Å². The minimum absolute atomic E-state index is 0.0458. The van der Waals surface area contributed by atoms with Crippen molar-refractivity contribution in [3.63, 3.8) is 0 Å². The van der Waals surface area contributed by atoms with Gasteiger partial charge in [0.05, 0.1) is 4.92 Å². The zero-order chi connectivity index (χ0) is 13.6. The van der Waals surface area contributed by atoms with E-state index in [4.69, 9.17) is 4.74 Å². The summed E-state index contributed by atoms with van der Waals surface area (Å²) in [5.74, 6) is -0.185. The van der Waals surface area contributed by atoms with Gasteiger partial charge in [0, 0.05) is 31.6 Å². The Morgan fingerprint density at radius 3 is 2.74 bits per heavy atom. The maximum Gasteiger partial charge on any atom is 0.323 e. The Morgan fingerprint density at radius 2 is 2.11 bits per heavy atom. The summed E-state index contributed by atoms with van der Waals surface area (Å²) in [7, 11) is 0. The maximum atomic E-state index is 11.7. The molecule has 0 aromatic heterocycles. The molecule has 6 nitrogen and oxygen atoms in total. The first-order valence-corrected chi connectivity index (χ1v) is 6.25. The van der Waals surface area contributed by atoms with Crippen LogP contribution in [0.3, 0.4) is 0 Å². The topological polar surface area (TPSA) is 72.7 Å². The SMILES string of the molecule is C[C@@H]1C[C@@H](N2Cc3ccc([N+](=O)[O-])cc3C2)C(=O)O1. The summed E-state index contributed by atoms with van der Waals surface area (Å²) in [6, 6.07) is 4.66. The average molecular weight is 262 g/mol. The van der Waals surface area contributed by atoms with Gasteiger partial charge < -0.3 is 4.74 Å². The smallest absolute Gasteiger partial charge is 0.323 e. The van der Waals surface area contributed by atoms with E-state index < -0.39 is 4.92 Å². The number of carbonyl (C=O) groups is 1. The number of nitrogens with zero attached hydrogens (tertiary/aromatic N) is 2. The Kier molecular flexibility index (Phi) is 2.74. The van der Waals surface area contributed by atoms with Crippen LogP contribution in [-0.2, 0) is 22.6 Å². The van der Waals surface area contributed by atoms with Gasteiger partial charge in [-0.25, -0.2) is 0 Å². The van der Waals surface area contributed by atoms with Crippen LogP contribution in [0.1, 0.15) is 24.5 Å². The second-order valence-corrected chi connectivity index (χ2v) is 5.11. The lowest BCUT2D eigenvalue weighted by Gasteiger charge is -2.19. The zero-order valence-corrected chi connectivity index (χ0v) is 10.5. The van der Waals surface area contributed by atoms with Gasteiger partial charge in [0.2, 0.25) is 0 Å². The Morgan fingerprint density at radius 1 is 1.37 bits per heavy atom. The molecular weight excluding hydrogens is 248 g/mol. The molecule has 19 heavy (non-hydrogen) atoms. The van der Waals surface area contributed by atoms with Crippen molar-refractivity contribution in [1.29, 1.82) is 0 Å². The molecule has 0 bridgehead atoms. The van der Waals surface area contributed by atoms with Crippen LogP contribution in [0.15, 0.2) is 18.2 Å². The van der Waals surface area contributed by atoms with Gasteiger partial charge in [-0.05, 0) is 18.1 Å². The molecule has 0 N–H and O–H groups in total. The van der Waals surface area contributed by atoms with Crippen LogP contribution in [0.25, 0.3) is 0 Å². The van der Waals surface area contributed by atoms with Gasteiger partial charge in [0.15, 0.2) is 0 Å². The number of hydrogen-bond donors (Lipinski definition) is 0. The molecule has 6 heteroatoms. The summed E-state index contributed by atoms with van der Waals surface area (Å²) in [4.78, 5) is 24.1. The number of nitro benzene ring substituents is 1. The summed E-state index contributed by atoms with van der Waals surface area (Å²) in [6.07, 6.45) is 0.644. The van der Waals surface area contributed by atoms with Crippen molar-refractivity contribution >= 4 is 11.7 Å². The highest BCUT2D eigenvalue weighted by Crippen LogP contribution is 2.31. The number of nitro groups is 1. The van der Waals surface area contributed by atoms with Crippen molar-refractivity contribution in [2.24, 2.45) is 0 Å². The number of benzene rings is 1. The number of non-ortho nitro benzene ring substituents is 1. The molecule has 1 fully saturated rings.